The van der Waals surface area contributed by atoms with Crippen LogP contribution in [0, 0.1) is 0 Å². The number of para-hydroxylation sites is 1. The van der Waals surface area contributed by atoms with E-state index in [0.717, 1.165) is 5.82 Å². The molecule has 0 aliphatic carbocycles. The summed E-state index contributed by atoms with van der Waals surface area (Å²) in [5.41, 5.74) is 6.73. The summed E-state index contributed by atoms with van der Waals surface area (Å²) in [5.74, 6) is 0.969. The van der Waals surface area contributed by atoms with Crippen molar-refractivity contribution >= 4 is 11.6 Å². The molecule has 0 aliphatic rings. The molecule has 0 aliphatic heterocycles. The van der Waals surface area contributed by atoms with Gasteiger partial charge < -0.3 is 20.4 Å². The number of aromatic nitrogens is 2. The summed E-state index contributed by atoms with van der Waals surface area (Å²) in [6, 6.07) is 5.13. The molecule has 0 saturated carbocycles. The second-order valence-corrected chi connectivity index (χ2v) is 4.29. The van der Waals surface area contributed by atoms with Crippen LogP contribution in [0.2, 0.25) is 0 Å². The van der Waals surface area contributed by atoms with Gasteiger partial charge in [0.1, 0.15) is 5.82 Å². The van der Waals surface area contributed by atoms with Gasteiger partial charge >= 0.3 is 0 Å². The fourth-order valence-electron chi connectivity index (χ4n) is 1.86. The van der Waals surface area contributed by atoms with Crippen molar-refractivity contribution in [2.75, 3.05) is 12.3 Å². The van der Waals surface area contributed by atoms with E-state index in [9.17, 15) is 4.79 Å². The number of amides is 1. The van der Waals surface area contributed by atoms with Gasteiger partial charge in [-0.05, 0) is 19.1 Å². The molecule has 0 saturated heterocycles. The van der Waals surface area contributed by atoms with Crippen LogP contribution in [0.5, 0.6) is 5.75 Å². The Morgan fingerprint density at radius 2 is 2.30 bits per heavy atom. The van der Waals surface area contributed by atoms with E-state index in [0.29, 0.717) is 30.2 Å². The van der Waals surface area contributed by atoms with Crippen LogP contribution in [0.3, 0.4) is 0 Å². The van der Waals surface area contributed by atoms with Crippen molar-refractivity contribution in [1.29, 1.82) is 0 Å². The van der Waals surface area contributed by atoms with Crippen molar-refractivity contribution < 1.29 is 9.53 Å². The first kappa shape index (κ1) is 13.9. The number of nitrogens with two attached hydrogens (primary N) is 1. The molecular formula is C14H18N4O2. The number of imidazole rings is 1. The number of carbonyl (C=O) groups is 1. The molecule has 1 aromatic heterocycles. The Hall–Kier alpha value is -2.50. The minimum atomic E-state index is -0.233. The van der Waals surface area contributed by atoms with Gasteiger partial charge in [0, 0.05) is 19.4 Å². The Kier molecular flexibility index (Phi) is 4.24. The van der Waals surface area contributed by atoms with Crippen LogP contribution in [-0.4, -0.2) is 22.1 Å². The highest BCUT2D eigenvalue weighted by Crippen LogP contribution is 2.26. The van der Waals surface area contributed by atoms with Crippen LogP contribution in [0.25, 0.3) is 0 Å². The minimum absolute atomic E-state index is 0.233. The summed E-state index contributed by atoms with van der Waals surface area (Å²) >= 11 is 0. The lowest BCUT2D eigenvalue weighted by atomic mass is 10.1. The zero-order valence-electron chi connectivity index (χ0n) is 11.6. The van der Waals surface area contributed by atoms with Crippen LogP contribution < -0.4 is 15.8 Å². The Labute approximate surface area is 117 Å². The first-order valence-electron chi connectivity index (χ1n) is 6.39. The summed E-state index contributed by atoms with van der Waals surface area (Å²) in [7, 11) is 1.88. The molecule has 1 heterocycles. The summed E-state index contributed by atoms with van der Waals surface area (Å²) < 4.78 is 7.29. The number of rotatable bonds is 5. The van der Waals surface area contributed by atoms with Gasteiger partial charge in [-0.1, -0.05) is 6.07 Å². The van der Waals surface area contributed by atoms with E-state index in [1.54, 1.807) is 24.4 Å². The fourth-order valence-corrected chi connectivity index (χ4v) is 1.86. The highest BCUT2D eigenvalue weighted by molar-refractivity contribution is 5.98. The number of hydrogen-bond acceptors (Lipinski definition) is 4. The first-order valence-corrected chi connectivity index (χ1v) is 6.39. The maximum absolute atomic E-state index is 12.2. The Balaban J connectivity index is 2.13. The summed E-state index contributed by atoms with van der Waals surface area (Å²) in [6.07, 6.45) is 3.52. The van der Waals surface area contributed by atoms with Crippen LogP contribution in [-0.2, 0) is 13.6 Å². The first-order chi connectivity index (χ1) is 9.63. The maximum atomic E-state index is 12.2. The van der Waals surface area contributed by atoms with Crippen molar-refractivity contribution in [2.24, 2.45) is 7.05 Å². The average molecular weight is 274 g/mol. The zero-order chi connectivity index (χ0) is 14.5. The topological polar surface area (TPSA) is 82.2 Å². The van der Waals surface area contributed by atoms with E-state index in [-0.39, 0.29) is 5.91 Å². The van der Waals surface area contributed by atoms with E-state index in [1.807, 2.05) is 24.7 Å². The van der Waals surface area contributed by atoms with Crippen LogP contribution in [0.1, 0.15) is 23.1 Å². The Bertz CT molecular complexity index is 607. The number of nitrogen functional groups attached to an aromatic ring is 1. The van der Waals surface area contributed by atoms with Crippen molar-refractivity contribution in [3.63, 3.8) is 0 Å². The molecule has 0 radical (unpaired) electrons. The molecule has 2 aromatic rings. The SMILES string of the molecule is CCOc1c(N)cccc1C(=O)NCc1nccn1C. The number of carbonyl (C=O) groups excluding carboxylic acids is 1. The van der Waals surface area contributed by atoms with Gasteiger partial charge in [-0.25, -0.2) is 4.98 Å². The molecule has 106 valence electrons. The number of nitrogens with one attached hydrogen (secondary N) is 1. The van der Waals surface area contributed by atoms with Crippen LogP contribution in [0.4, 0.5) is 5.69 Å². The molecule has 1 amide bonds. The van der Waals surface area contributed by atoms with Crippen molar-refractivity contribution in [3.05, 3.63) is 42.0 Å². The predicted molar refractivity (Wildman–Crippen MR) is 76.4 cm³/mol. The number of benzene rings is 1. The molecule has 0 unspecified atom stereocenters. The Morgan fingerprint density at radius 3 is 2.95 bits per heavy atom. The second-order valence-electron chi connectivity index (χ2n) is 4.29. The van der Waals surface area contributed by atoms with Crippen molar-refractivity contribution in [2.45, 2.75) is 13.5 Å². The third-order valence-electron chi connectivity index (χ3n) is 2.91. The predicted octanol–water partition coefficient (Wildman–Crippen LogP) is 1.33. The summed E-state index contributed by atoms with van der Waals surface area (Å²) in [6.45, 7) is 2.65. The van der Waals surface area contributed by atoms with Crippen LogP contribution >= 0.6 is 0 Å². The lowest BCUT2D eigenvalue weighted by Crippen LogP contribution is -2.25. The standard InChI is InChI=1S/C14H18N4O2/c1-3-20-13-10(5-4-6-11(13)15)14(19)17-9-12-16-7-8-18(12)2/h4-8H,3,9,15H2,1-2H3,(H,17,19). The van der Waals surface area contributed by atoms with Gasteiger partial charge in [-0.3, -0.25) is 4.79 Å². The summed E-state index contributed by atoms with van der Waals surface area (Å²) in [5, 5.41) is 2.81. The second kappa shape index (κ2) is 6.10. The number of aryl methyl sites for hydroxylation is 1. The monoisotopic (exact) mass is 274 g/mol. The zero-order valence-corrected chi connectivity index (χ0v) is 11.6. The number of nitrogens with zero attached hydrogens (tertiary/aromatic N) is 2. The Morgan fingerprint density at radius 1 is 1.50 bits per heavy atom. The van der Waals surface area contributed by atoms with E-state index in [1.165, 1.54) is 0 Å². The quantitative estimate of drug-likeness (QED) is 0.806. The smallest absolute Gasteiger partial charge is 0.255 e. The summed E-state index contributed by atoms with van der Waals surface area (Å²) in [4.78, 5) is 16.4. The third kappa shape index (κ3) is 2.90. The molecule has 1 aromatic carbocycles. The molecule has 0 atom stereocenters. The van der Waals surface area contributed by atoms with Gasteiger partial charge in [-0.2, -0.15) is 0 Å². The number of hydrogen-bond donors (Lipinski definition) is 2. The molecule has 3 N–H and O–H groups in total. The highest BCUT2D eigenvalue weighted by atomic mass is 16.5. The van der Waals surface area contributed by atoms with Gasteiger partial charge in [0.2, 0.25) is 0 Å². The van der Waals surface area contributed by atoms with E-state index < -0.39 is 0 Å². The minimum Gasteiger partial charge on any atom is -0.491 e. The van der Waals surface area contributed by atoms with Gasteiger partial charge in [-0.15, -0.1) is 0 Å². The normalized spacial score (nSPS) is 10.3. The third-order valence-corrected chi connectivity index (χ3v) is 2.91. The largest absolute Gasteiger partial charge is 0.491 e. The van der Waals surface area contributed by atoms with Crippen molar-refractivity contribution in [3.8, 4) is 5.75 Å². The number of anilines is 1. The van der Waals surface area contributed by atoms with E-state index in [2.05, 4.69) is 10.3 Å². The molecule has 0 bridgehead atoms. The highest BCUT2D eigenvalue weighted by Gasteiger charge is 2.15. The van der Waals surface area contributed by atoms with Gasteiger partial charge in [0.05, 0.1) is 24.4 Å². The van der Waals surface area contributed by atoms with E-state index >= 15 is 0 Å². The lowest BCUT2D eigenvalue weighted by Gasteiger charge is -2.12. The number of ether oxygens (including phenoxy) is 1. The maximum Gasteiger partial charge on any atom is 0.255 e. The molecule has 20 heavy (non-hydrogen) atoms. The van der Waals surface area contributed by atoms with Crippen LogP contribution in [0.15, 0.2) is 30.6 Å². The lowest BCUT2D eigenvalue weighted by molar-refractivity contribution is 0.0946. The molecule has 0 fully saturated rings. The average Bonchev–Trinajstić information content (AvgIpc) is 2.84. The molecular weight excluding hydrogens is 256 g/mol. The van der Waals surface area contributed by atoms with E-state index in [4.69, 9.17) is 10.5 Å². The molecule has 6 nitrogen and oxygen atoms in total. The molecule has 0 spiro atoms. The molecule has 2 rings (SSSR count). The molecule has 6 heteroatoms. The van der Waals surface area contributed by atoms with Gasteiger partial charge in [0.25, 0.3) is 5.91 Å². The fraction of sp³-hybridized carbons (Fsp3) is 0.286. The van der Waals surface area contributed by atoms with Crippen molar-refractivity contribution in [1.82, 2.24) is 14.9 Å². The van der Waals surface area contributed by atoms with Gasteiger partial charge in [0.15, 0.2) is 5.75 Å².